The van der Waals surface area contributed by atoms with Crippen molar-refractivity contribution in [3.8, 4) is 0 Å². The smallest absolute Gasteiger partial charge is 0.123 e. The molecule has 0 bridgehead atoms. The quantitative estimate of drug-likeness (QED) is 0.819. The van der Waals surface area contributed by atoms with Crippen molar-refractivity contribution in [3.63, 3.8) is 0 Å². The van der Waals surface area contributed by atoms with E-state index in [0.717, 1.165) is 11.1 Å². The van der Waals surface area contributed by atoms with Gasteiger partial charge in [-0.15, -0.1) is 0 Å². The average molecular weight is 246 g/mol. The number of hydrogen-bond acceptors (Lipinski definition) is 1. The Bertz CT molecular complexity index is 592. The summed E-state index contributed by atoms with van der Waals surface area (Å²) in [6.45, 7) is 0. The van der Waals surface area contributed by atoms with Crippen LogP contribution in [0.3, 0.4) is 0 Å². The van der Waals surface area contributed by atoms with Gasteiger partial charge in [0.1, 0.15) is 17.2 Å². The van der Waals surface area contributed by atoms with E-state index in [0.29, 0.717) is 18.4 Å². The first-order valence-electron chi connectivity index (χ1n) is 5.87. The zero-order valence-corrected chi connectivity index (χ0v) is 9.66. The zero-order chi connectivity index (χ0) is 12.8. The second-order valence-electron chi connectivity index (χ2n) is 4.67. The number of aliphatic hydroxyl groups is 1. The van der Waals surface area contributed by atoms with E-state index in [1.54, 1.807) is 18.2 Å². The minimum Gasteiger partial charge on any atom is -0.380 e. The Kier molecular flexibility index (Phi) is 2.45. The molecular weight excluding hydrogens is 234 g/mol. The summed E-state index contributed by atoms with van der Waals surface area (Å²) in [5.74, 6) is -0.628. The molecule has 3 rings (SSSR count). The average Bonchev–Trinajstić information content (AvgIpc) is 2.68. The maximum absolute atomic E-state index is 13.1. The lowest BCUT2D eigenvalue weighted by Gasteiger charge is -2.24. The molecule has 0 spiro atoms. The van der Waals surface area contributed by atoms with Crippen LogP contribution >= 0.6 is 0 Å². The van der Waals surface area contributed by atoms with E-state index in [9.17, 15) is 13.9 Å². The lowest BCUT2D eigenvalue weighted by Crippen LogP contribution is -2.23. The molecule has 2 aromatic carbocycles. The summed E-state index contributed by atoms with van der Waals surface area (Å²) in [6.07, 6.45) is 1.12. The molecule has 1 aliphatic rings. The van der Waals surface area contributed by atoms with Crippen LogP contribution in [0.2, 0.25) is 0 Å². The Morgan fingerprint density at radius 3 is 2.33 bits per heavy atom. The van der Waals surface area contributed by atoms with Gasteiger partial charge in [-0.3, -0.25) is 0 Å². The van der Waals surface area contributed by atoms with Crippen LogP contribution in [0.4, 0.5) is 8.78 Å². The van der Waals surface area contributed by atoms with Crippen LogP contribution in [0.1, 0.15) is 23.1 Å². The van der Waals surface area contributed by atoms with Crippen molar-refractivity contribution in [1.82, 2.24) is 0 Å². The first-order chi connectivity index (χ1) is 8.59. The van der Waals surface area contributed by atoms with Crippen molar-refractivity contribution >= 4 is 0 Å². The first-order valence-corrected chi connectivity index (χ1v) is 5.87. The van der Waals surface area contributed by atoms with Crippen molar-refractivity contribution in [2.45, 2.75) is 18.4 Å². The van der Waals surface area contributed by atoms with Crippen LogP contribution in [0, 0.1) is 11.6 Å². The van der Waals surface area contributed by atoms with Gasteiger partial charge in [0.2, 0.25) is 0 Å². The summed E-state index contributed by atoms with van der Waals surface area (Å²) in [4.78, 5) is 0. The molecule has 92 valence electrons. The van der Waals surface area contributed by atoms with Gasteiger partial charge in [0, 0.05) is 0 Å². The Labute approximate surface area is 104 Å². The molecule has 18 heavy (non-hydrogen) atoms. The Morgan fingerprint density at radius 1 is 0.944 bits per heavy atom. The van der Waals surface area contributed by atoms with Crippen LogP contribution in [-0.2, 0) is 12.0 Å². The van der Waals surface area contributed by atoms with Crippen LogP contribution in [0.15, 0.2) is 42.5 Å². The molecule has 1 atom stereocenters. The van der Waals surface area contributed by atoms with Gasteiger partial charge in [0.05, 0.1) is 0 Å². The van der Waals surface area contributed by atoms with E-state index < -0.39 is 5.60 Å². The van der Waals surface area contributed by atoms with Gasteiger partial charge in [-0.2, -0.15) is 0 Å². The van der Waals surface area contributed by atoms with E-state index >= 15 is 0 Å². The van der Waals surface area contributed by atoms with Gasteiger partial charge in [0.15, 0.2) is 0 Å². The van der Waals surface area contributed by atoms with Gasteiger partial charge < -0.3 is 5.11 Å². The fraction of sp³-hybridized carbons (Fsp3) is 0.200. The third-order valence-corrected chi connectivity index (χ3v) is 3.59. The summed E-state index contributed by atoms with van der Waals surface area (Å²) in [5, 5.41) is 10.8. The molecule has 0 aliphatic heterocycles. The SMILES string of the molecule is OC1(c2ccc(F)cc2)CCc2cc(F)ccc21. The van der Waals surface area contributed by atoms with E-state index in [1.165, 1.54) is 24.3 Å². The highest BCUT2D eigenvalue weighted by Crippen LogP contribution is 2.42. The third kappa shape index (κ3) is 1.63. The number of benzene rings is 2. The van der Waals surface area contributed by atoms with Crippen LogP contribution in [0.25, 0.3) is 0 Å². The minimum absolute atomic E-state index is 0.294. The van der Waals surface area contributed by atoms with E-state index in [1.807, 2.05) is 0 Å². The molecule has 1 N–H and O–H groups in total. The second kappa shape index (κ2) is 3.89. The maximum atomic E-state index is 13.1. The highest BCUT2D eigenvalue weighted by molar-refractivity contribution is 5.45. The first kappa shape index (κ1) is 11.4. The van der Waals surface area contributed by atoms with Gasteiger partial charge in [-0.25, -0.2) is 8.78 Å². The van der Waals surface area contributed by atoms with Crippen LogP contribution in [-0.4, -0.2) is 5.11 Å². The molecule has 0 radical (unpaired) electrons. The van der Waals surface area contributed by atoms with E-state index in [-0.39, 0.29) is 11.6 Å². The molecule has 0 fully saturated rings. The zero-order valence-electron chi connectivity index (χ0n) is 9.66. The summed E-state index contributed by atoms with van der Waals surface area (Å²) in [7, 11) is 0. The molecule has 1 aliphatic carbocycles. The van der Waals surface area contributed by atoms with Gasteiger partial charge in [0.25, 0.3) is 0 Å². The number of aryl methyl sites for hydroxylation is 1. The van der Waals surface area contributed by atoms with Crippen molar-refractivity contribution in [3.05, 3.63) is 70.8 Å². The second-order valence-corrected chi connectivity index (χ2v) is 4.67. The topological polar surface area (TPSA) is 20.2 Å². The Morgan fingerprint density at radius 2 is 1.61 bits per heavy atom. The highest BCUT2D eigenvalue weighted by Gasteiger charge is 2.38. The van der Waals surface area contributed by atoms with Crippen molar-refractivity contribution < 1.29 is 13.9 Å². The lowest BCUT2D eigenvalue weighted by molar-refractivity contribution is 0.0828. The van der Waals surface area contributed by atoms with Gasteiger partial charge in [-0.1, -0.05) is 18.2 Å². The number of rotatable bonds is 1. The maximum Gasteiger partial charge on any atom is 0.123 e. The molecule has 1 nitrogen and oxygen atoms in total. The highest BCUT2D eigenvalue weighted by atomic mass is 19.1. The summed E-state index contributed by atoms with van der Waals surface area (Å²) in [5.41, 5.74) is 1.06. The molecule has 1 unspecified atom stereocenters. The number of hydrogen-bond donors (Lipinski definition) is 1. The molecule has 2 aromatic rings. The normalized spacial score (nSPS) is 21.9. The van der Waals surface area contributed by atoms with E-state index in [2.05, 4.69) is 0 Å². The van der Waals surface area contributed by atoms with Gasteiger partial charge >= 0.3 is 0 Å². The molecule has 0 amide bonds. The molecular formula is C15H12F2O. The monoisotopic (exact) mass is 246 g/mol. The molecule has 0 saturated heterocycles. The Balaban J connectivity index is 2.11. The molecule has 0 aromatic heterocycles. The molecule has 0 saturated carbocycles. The van der Waals surface area contributed by atoms with E-state index in [4.69, 9.17) is 0 Å². The van der Waals surface area contributed by atoms with Crippen molar-refractivity contribution in [2.24, 2.45) is 0 Å². The summed E-state index contributed by atoms with van der Waals surface area (Å²) < 4.78 is 26.1. The van der Waals surface area contributed by atoms with Crippen LogP contribution in [0.5, 0.6) is 0 Å². The van der Waals surface area contributed by atoms with Crippen molar-refractivity contribution in [2.75, 3.05) is 0 Å². The predicted octanol–water partition coefficient (Wildman–Crippen LogP) is 3.15. The van der Waals surface area contributed by atoms with Gasteiger partial charge in [-0.05, 0) is 53.8 Å². The summed E-state index contributed by atoms with van der Waals surface area (Å²) >= 11 is 0. The minimum atomic E-state index is -1.13. The van der Waals surface area contributed by atoms with Crippen LogP contribution < -0.4 is 0 Å². The number of halogens is 2. The predicted molar refractivity (Wildman–Crippen MR) is 64.1 cm³/mol. The fourth-order valence-electron chi connectivity index (χ4n) is 2.65. The summed E-state index contributed by atoms with van der Waals surface area (Å²) in [6, 6.07) is 10.2. The third-order valence-electron chi connectivity index (χ3n) is 3.59. The molecule has 0 heterocycles. The van der Waals surface area contributed by atoms with Crippen molar-refractivity contribution in [1.29, 1.82) is 0 Å². The number of fused-ring (bicyclic) bond motifs is 1. The standard InChI is InChI=1S/C15H12F2O/c16-12-3-1-11(2-4-12)15(18)8-7-10-9-13(17)5-6-14(10)15/h1-6,9,18H,7-8H2. The molecule has 3 heteroatoms. The Hall–Kier alpha value is -1.74. The largest absolute Gasteiger partial charge is 0.380 e. The lowest BCUT2D eigenvalue weighted by atomic mass is 9.88. The fourth-order valence-corrected chi connectivity index (χ4v) is 2.65.